The summed E-state index contributed by atoms with van der Waals surface area (Å²) in [5.74, 6) is 0.624. The van der Waals surface area contributed by atoms with Gasteiger partial charge in [-0.25, -0.2) is 5.43 Å². The monoisotopic (exact) mass is 396 g/mol. The Kier molecular flexibility index (Phi) is 6.73. The average molecular weight is 397 g/mol. The molecule has 0 saturated carbocycles. The topological polar surface area (TPSA) is 70.9 Å². The highest BCUT2D eigenvalue weighted by Gasteiger charge is 2.26. The van der Waals surface area contributed by atoms with Crippen LogP contribution in [0.4, 0.5) is 0 Å². The van der Waals surface area contributed by atoms with Crippen LogP contribution in [0.3, 0.4) is 0 Å². The zero-order valence-electron chi connectivity index (χ0n) is 18.5. The summed E-state index contributed by atoms with van der Waals surface area (Å²) in [5, 5.41) is 14.8. The van der Waals surface area contributed by atoms with Crippen LogP contribution in [-0.4, -0.2) is 23.8 Å². The fourth-order valence-corrected chi connectivity index (χ4v) is 2.94. The highest BCUT2D eigenvalue weighted by molar-refractivity contribution is 5.84. The lowest BCUT2D eigenvalue weighted by Crippen LogP contribution is -2.24. The zero-order valence-corrected chi connectivity index (χ0v) is 18.5. The summed E-state index contributed by atoms with van der Waals surface area (Å²) in [5.41, 5.74) is 5.62. The number of phenols is 1. The maximum absolute atomic E-state index is 12.0. The van der Waals surface area contributed by atoms with Crippen molar-refractivity contribution >= 4 is 12.1 Å². The smallest absolute Gasteiger partial charge is 0.277 e. The summed E-state index contributed by atoms with van der Waals surface area (Å²) in [6, 6.07) is 11.3. The Balaban J connectivity index is 2.12. The van der Waals surface area contributed by atoms with E-state index in [1.807, 2.05) is 43.3 Å². The van der Waals surface area contributed by atoms with E-state index in [-0.39, 0.29) is 23.3 Å². The van der Waals surface area contributed by atoms with E-state index in [1.165, 1.54) is 0 Å². The molecule has 0 aliphatic heterocycles. The van der Waals surface area contributed by atoms with Crippen molar-refractivity contribution in [1.82, 2.24) is 5.43 Å². The van der Waals surface area contributed by atoms with E-state index >= 15 is 0 Å². The number of hydrazone groups is 1. The highest BCUT2D eigenvalue weighted by atomic mass is 16.5. The fourth-order valence-electron chi connectivity index (χ4n) is 2.94. The molecule has 0 fully saturated rings. The van der Waals surface area contributed by atoms with Gasteiger partial charge in [-0.05, 0) is 53.1 Å². The van der Waals surface area contributed by atoms with Crippen LogP contribution in [0.2, 0.25) is 0 Å². The van der Waals surface area contributed by atoms with Crippen molar-refractivity contribution in [2.45, 2.75) is 59.3 Å². The molecule has 0 saturated heterocycles. The number of carbonyl (C=O) groups excluding carboxylic acids is 1. The summed E-state index contributed by atoms with van der Waals surface area (Å²) in [7, 11) is 0. The number of nitrogens with zero attached hydrogens (tertiary/aromatic N) is 1. The van der Waals surface area contributed by atoms with Gasteiger partial charge in [0.05, 0.1) is 6.21 Å². The molecule has 29 heavy (non-hydrogen) atoms. The first-order chi connectivity index (χ1) is 13.4. The Morgan fingerprint density at radius 3 is 2.17 bits per heavy atom. The molecule has 0 bridgehead atoms. The summed E-state index contributed by atoms with van der Waals surface area (Å²) in [6.07, 6.45) is 1.59. The third-order valence-corrected chi connectivity index (χ3v) is 4.51. The first kappa shape index (κ1) is 22.5. The van der Waals surface area contributed by atoms with Crippen molar-refractivity contribution in [3.63, 3.8) is 0 Å². The second-order valence-corrected chi connectivity index (χ2v) is 9.36. The van der Waals surface area contributed by atoms with Gasteiger partial charge < -0.3 is 9.84 Å². The zero-order chi connectivity index (χ0) is 21.8. The highest BCUT2D eigenvalue weighted by Crippen LogP contribution is 2.39. The fraction of sp³-hybridized carbons (Fsp3) is 0.417. The Morgan fingerprint density at radius 1 is 1.07 bits per heavy atom. The molecule has 5 heteroatoms. The predicted molar refractivity (Wildman–Crippen MR) is 118 cm³/mol. The molecular weight excluding hydrogens is 364 g/mol. The van der Waals surface area contributed by atoms with E-state index in [2.05, 4.69) is 52.1 Å². The van der Waals surface area contributed by atoms with Crippen LogP contribution in [0.25, 0.3) is 0 Å². The van der Waals surface area contributed by atoms with Gasteiger partial charge in [-0.2, -0.15) is 5.10 Å². The van der Waals surface area contributed by atoms with Crippen LogP contribution >= 0.6 is 0 Å². The number of amides is 1. The largest absolute Gasteiger partial charge is 0.507 e. The van der Waals surface area contributed by atoms with E-state index < -0.39 is 0 Å². The van der Waals surface area contributed by atoms with Gasteiger partial charge in [0, 0.05) is 11.1 Å². The third-order valence-electron chi connectivity index (χ3n) is 4.51. The maximum Gasteiger partial charge on any atom is 0.277 e. The van der Waals surface area contributed by atoms with Crippen molar-refractivity contribution in [2.24, 2.45) is 5.10 Å². The Bertz CT molecular complexity index is 868. The van der Waals surface area contributed by atoms with Crippen LogP contribution in [0, 0.1) is 6.92 Å². The molecule has 156 valence electrons. The first-order valence-corrected chi connectivity index (χ1v) is 9.77. The van der Waals surface area contributed by atoms with Crippen LogP contribution in [0.15, 0.2) is 41.5 Å². The number of hydrogen-bond acceptors (Lipinski definition) is 4. The van der Waals surface area contributed by atoms with Gasteiger partial charge in [0.2, 0.25) is 0 Å². The van der Waals surface area contributed by atoms with E-state index in [1.54, 1.807) is 6.21 Å². The van der Waals surface area contributed by atoms with Crippen LogP contribution in [0.5, 0.6) is 11.5 Å². The number of hydrogen-bond donors (Lipinski definition) is 2. The molecule has 2 rings (SSSR count). The van der Waals surface area contributed by atoms with E-state index in [0.717, 1.165) is 22.3 Å². The van der Waals surface area contributed by atoms with Crippen LogP contribution in [-0.2, 0) is 15.6 Å². The molecule has 1 amide bonds. The molecule has 0 spiro atoms. The quantitative estimate of drug-likeness (QED) is 0.562. The lowest BCUT2D eigenvalue weighted by Gasteiger charge is -2.27. The Morgan fingerprint density at radius 2 is 1.66 bits per heavy atom. The molecule has 5 nitrogen and oxygen atoms in total. The molecule has 0 atom stereocenters. The lowest BCUT2D eigenvalue weighted by molar-refractivity contribution is -0.123. The lowest BCUT2D eigenvalue weighted by atomic mass is 9.78. The molecule has 0 aliphatic carbocycles. The summed E-state index contributed by atoms with van der Waals surface area (Å²) in [4.78, 5) is 12.0. The minimum atomic E-state index is -0.339. The van der Waals surface area contributed by atoms with Crippen molar-refractivity contribution in [2.75, 3.05) is 6.61 Å². The predicted octanol–water partition coefficient (Wildman–Crippen LogP) is 4.82. The summed E-state index contributed by atoms with van der Waals surface area (Å²) >= 11 is 0. The van der Waals surface area contributed by atoms with Gasteiger partial charge in [-0.15, -0.1) is 0 Å². The van der Waals surface area contributed by atoms with Crippen molar-refractivity contribution in [3.05, 3.63) is 58.7 Å². The minimum Gasteiger partial charge on any atom is -0.507 e. The van der Waals surface area contributed by atoms with Crippen molar-refractivity contribution in [1.29, 1.82) is 0 Å². The number of carbonyl (C=O) groups is 1. The first-order valence-electron chi connectivity index (χ1n) is 9.77. The normalized spacial score (nSPS) is 12.2. The molecule has 0 heterocycles. The number of ether oxygens (including phenoxy) is 1. The molecule has 0 unspecified atom stereocenters. The number of phenolic OH excluding ortho intramolecular Hbond substituents is 1. The maximum atomic E-state index is 12.0. The number of aromatic hydroxyl groups is 1. The summed E-state index contributed by atoms with van der Waals surface area (Å²) < 4.78 is 5.48. The standard InChI is InChI=1S/C24H32N2O3/c1-16-9-8-10-18(11-16)29-15-21(27)26-25-14-17-12-19(23(2,3)4)22(28)20(13-17)24(5,6)7/h8-14,28H,15H2,1-7H3,(H,26,27)/b25-14-. The second-order valence-electron chi connectivity index (χ2n) is 9.36. The van der Waals surface area contributed by atoms with Crippen LogP contribution in [0.1, 0.15) is 63.8 Å². The molecular formula is C24H32N2O3. The molecule has 2 aromatic carbocycles. The second kappa shape index (κ2) is 8.68. The van der Waals surface area contributed by atoms with E-state index in [9.17, 15) is 9.90 Å². The Hall–Kier alpha value is -2.82. The van der Waals surface area contributed by atoms with Gasteiger partial charge in [0.25, 0.3) is 5.91 Å². The van der Waals surface area contributed by atoms with Gasteiger partial charge in [-0.3, -0.25) is 4.79 Å². The average Bonchev–Trinajstić information content (AvgIpc) is 2.59. The Labute approximate surface area is 173 Å². The van der Waals surface area contributed by atoms with Crippen LogP contribution < -0.4 is 10.2 Å². The summed E-state index contributed by atoms with van der Waals surface area (Å²) in [6.45, 7) is 14.2. The van der Waals surface area contributed by atoms with Crippen molar-refractivity contribution in [3.8, 4) is 11.5 Å². The molecule has 2 N–H and O–H groups in total. The van der Waals surface area contributed by atoms with E-state index in [0.29, 0.717) is 11.5 Å². The molecule has 0 aromatic heterocycles. The number of rotatable bonds is 5. The molecule has 0 aliphatic rings. The third kappa shape index (κ3) is 6.34. The number of benzene rings is 2. The minimum absolute atomic E-state index is 0.114. The van der Waals surface area contributed by atoms with Gasteiger partial charge in [-0.1, -0.05) is 53.7 Å². The van der Waals surface area contributed by atoms with E-state index in [4.69, 9.17) is 4.74 Å². The number of aryl methyl sites for hydroxylation is 1. The number of nitrogens with one attached hydrogen (secondary N) is 1. The molecule has 2 aromatic rings. The molecule has 0 radical (unpaired) electrons. The van der Waals surface area contributed by atoms with Crippen molar-refractivity contribution < 1.29 is 14.6 Å². The SMILES string of the molecule is Cc1cccc(OCC(=O)N/N=C\c2cc(C(C)(C)C)c(O)c(C(C)(C)C)c2)c1. The van der Waals surface area contributed by atoms with Gasteiger partial charge >= 0.3 is 0 Å². The van der Waals surface area contributed by atoms with Gasteiger partial charge in [0.1, 0.15) is 11.5 Å². The van der Waals surface area contributed by atoms with Gasteiger partial charge in [0.15, 0.2) is 6.61 Å².